The predicted molar refractivity (Wildman–Crippen MR) is 98.6 cm³/mol. The number of nitrogens with one attached hydrogen (secondary N) is 1. The molecule has 1 aromatic rings. The van der Waals surface area contributed by atoms with Crippen LogP contribution in [-0.2, 0) is 10.2 Å². The van der Waals surface area contributed by atoms with Crippen molar-refractivity contribution in [2.24, 2.45) is 0 Å². The van der Waals surface area contributed by atoms with Gasteiger partial charge < -0.3 is 15.0 Å². The van der Waals surface area contributed by atoms with E-state index in [2.05, 4.69) is 36.2 Å². The van der Waals surface area contributed by atoms with E-state index in [9.17, 15) is 4.79 Å². The van der Waals surface area contributed by atoms with Gasteiger partial charge in [-0.15, -0.1) is 0 Å². The van der Waals surface area contributed by atoms with Crippen molar-refractivity contribution in [3.05, 3.63) is 29.8 Å². The molecule has 0 unspecified atom stereocenters. The molecule has 0 heterocycles. The van der Waals surface area contributed by atoms with Gasteiger partial charge in [0, 0.05) is 13.1 Å². The Morgan fingerprint density at radius 3 is 2.29 bits per heavy atom. The van der Waals surface area contributed by atoms with Gasteiger partial charge in [0.2, 0.25) is 5.91 Å². The largest absolute Gasteiger partial charge is 0.497 e. The van der Waals surface area contributed by atoms with Crippen LogP contribution in [0.1, 0.15) is 51.5 Å². The number of carbonyl (C=O) groups excluding carboxylic acids is 1. The molecular formula is C20H32N2O2. The molecule has 0 spiro atoms. The van der Waals surface area contributed by atoms with Crippen LogP contribution < -0.4 is 10.1 Å². The maximum Gasteiger partial charge on any atom is 0.230 e. The molecule has 1 aliphatic carbocycles. The van der Waals surface area contributed by atoms with Gasteiger partial charge in [-0.3, -0.25) is 4.79 Å². The maximum absolute atomic E-state index is 13.1. The molecule has 2 rings (SSSR count). The predicted octanol–water partition coefficient (Wildman–Crippen LogP) is 3.36. The Morgan fingerprint density at radius 1 is 1.12 bits per heavy atom. The Kier molecular flexibility index (Phi) is 7.10. The van der Waals surface area contributed by atoms with Crippen LogP contribution in [0.2, 0.25) is 0 Å². The lowest BCUT2D eigenvalue weighted by Gasteiger charge is -2.36. The molecule has 134 valence electrons. The Hall–Kier alpha value is -1.55. The Balaban J connectivity index is 2.09. The van der Waals surface area contributed by atoms with E-state index in [1.807, 2.05) is 12.1 Å². The summed E-state index contributed by atoms with van der Waals surface area (Å²) in [5, 5.41) is 3.21. The number of hydrogen-bond donors (Lipinski definition) is 1. The first-order chi connectivity index (χ1) is 11.7. The van der Waals surface area contributed by atoms with Gasteiger partial charge in [0.1, 0.15) is 5.75 Å². The van der Waals surface area contributed by atoms with Crippen molar-refractivity contribution in [3.63, 3.8) is 0 Å². The highest BCUT2D eigenvalue weighted by atomic mass is 16.5. The molecule has 1 saturated carbocycles. The fraction of sp³-hybridized carbons (Fsp3) is 0.650. The minimum absolute atomic E-state index is 0.194. The van der Waals surface area contributed by atoms with Crippen LogP contribution in [0, 0.1) is 0 Å². The van der Waals surface area contributed by atoms with Gasteiger partial charge in [-0.05, 0) is 43.6 Å². The summed E-state index contributed by atoms with van der Waals surface area (Å²) < 4.78 is 5.26. The number of nitrogens with zero attached hydrogens (tertiary/aromatic N) is 1. The molecule has 0 aliphatic heterocycles. The zero-order chi connectivity index (χ0) is 17.4. The molecule has 0 atom stereocenters. The second kappa shape index (κ2) is 9.07. The van der Waals surface area contributed by atoms with E-state index in [0.717, 1.165) is 63.2 Å². The van der Waals surface area contributed by atoms with Crippen molar-refractivity contribution in [2.45, 2.75) is 51.4 Å². The molecule has 0 bridgehead atoms. The van der Waals surface area contributed by atoms with Crippen molar-refractivity contribution >= 4 is 5.91 Å². The average molecular weight is 332 g/mol. The van der Waals surface area contributed by atoms with Crippen LogP contribution in [0.5, 0.6) is 5.75 Å². The molecule has 0 radical (unpaired) electrons. The van der Waals surface area contributed by atoms with Crippen LogP contribution in [0.25, 0.3) is 0 Å². The molecule has 1 amide bonds. The van der Waals surface area contributed by atoms with Gasteiger partial charge in [-0.1, -0.05) is 45.2 Å². The zero-order valence-corrected chi connectivity index (χ0v) is 15.4. The Labute approximate surface area is 146 Å². The Morgan fingerprint density at radius 2 is 1.75 bits per heavy atom. The first-order valence-electron chi connectivity index (χ1n) is 9.31. The average Bonchev–Trinajstić information content (AvgIpc) is 2.65. The van der Waals surface area contributed by atoms with Gasteiger partial charge in [0.05, 0.1) is 12.5 Å². The molecule has 1 aromatic carbocycles. The lowest BCUT2D eigenvalue weighted by molar-refractivity contribution is -0.128. The summed E-state index contributed by atoms with van der Waals surface area (Å²) in [6.45, 7) is 8.00. The Bertz CT molecular complexity index is 503. The number of ether oxygens (including phenoxy) is 1. The third-order valence-corrected chi connectivity index (χ3v) is 5.39. The fourth-order valence-electron chi connectivity index (χ4n) is 3.75. The number of rotatable bonds is 8. The van der Waals surface area contributed by atoms with Crippen LogP contribution in [-0.4, -0.2) is 44.1 Å². The van der Waals surface area contributed by atoms with E-state index in [0.29, 0.717) is 0 Å². The van der Waals surface area contributed by atoms with Crippen LogP contribution in [0.3, 0.4) is 0 Å². The summed E-state index contributed by atoms with van der Waals surface area (Å²) in [4.78, 5) is 15.4. The second-order valence-corrected chi connectivity index (χ2v) is 6.65. The van der Waals surface area contributed by atoms with Crippen LogP contribution in [0.15, 0.2) is 24.3 Å². The molecule has 0 aromatic heterocycles. The number of carbonyl (C=O) groups is 1. The van der Waals surface area contributed by atoms with E-state index >= 15 is 0 Å². The summed E-state index contributed by atoms with van der Waals surface area (Å²) in [5.74, 6) is 1.03. The smallest absolute Gasteiger partial charge is 0.230 e. The number of methoxy groups -OCH3 is 1. The highest BCUT2D eigenvalue weighted by molar-refractivity contribution is 5.88. The molecule has 1 N–H and O–H groups in total. The molecule has 0 saturated heterocycles. The number of likely N-dealkylation sites (N-methyl/N-ethyl adjacent to an activating group) is 1. The highest BCUT2D eigenvalue weighted by Crippen LogP contribution is 2.40. The zero-order valence-electron chi connectivity index (χ0n) is 15.4. The van der Waals surface area contributed by atoms with E-state index in [4.69, 9.17) is 4.74 Å². The maximum atomic E-state index is 13.1. The van der Waals surface area contributed by atoms with Gasteiger partial charge in [0.25, 0.3) is 0 Å². The van der Waals surface area contributed by atoms with E-state index < -0.39 is 0 Å². The molecule has 24 heavy (non-hydrogen) atoms. The SMILES string of the molecule is CCN(CC)CCNC(=O)C1(c2ccc(OC)cc2)CCCCC1. The first-order valence-corrected chi connectivity index (χ1v) is 9.31. The normalized spacial score (nSPS) is 16.8. The van der Waals surface area contributed by atoms with E-state index in [1.165, 1.54) is 6.42 Å². The monoisotopic (exact) mass is 332 g/mol. The van der Waals surface area contributed by atoms with Crippen LogP contribution in [0.4, 0.5) is 0 Å². The third kappa shape index (κ3) is 4.29. The molecular weight excluding hydrogens is 300 g/mol. The second-order valence-electron chi connectivity index (χ2n) is 6.65. The standard InChI is InChI=1S/C20H32N2O2/c1-4-22(5-2)16-15-21-19(23)20(13-7-6-8-14-20)17-9-11-18(24-3)12-10-17/h9-12H,4-8,13-16H2,1-3H3,(H,21,23). The van der Waals surface area contributed by atoms with Gasteiger partial charge >= 0.3 is 0 Å². The molecule has 4 nitrogen and oxygen atoms in total. The van der Waals surface area contributed by atoms with Crippen molar-refractivity contribution in [3.8, 4) is 5.75 Å². The molecule has 1 fully saturated rings. The van der Waals surface area contributed by atoms with Crippen molar-refractivity contribution in [1.29, 1.82) is 0 Å². The quantitative estimate of drug-likeness (QED) is 0.794. The minimum Gasteiger partial charge on any atom is -0.497 e. The number of amides is 1. The van der Waals surface area contributed by atoms with Crippen molar-refractivity contribution < 1.29 is 9.53 Å². The summed E-state index contributed by atoms with van der Waals surface area (Å²) in [6.07, 6.45) is 5.35. The van der Waals surface area contributed by atoms with Gasteiger partial charge in [-0.2, -0.15) is 0 Å². The molecule has 4 heteroatoms. The fourth-order valence-corrected chi connectivity index (χ4v) is 3.75. The van der Waals surface area contributed by atoms with Crippen molar-refractivity contribution in [1.82, 2.24) is 10.2 Å². The summed E-state index contributed by atoms with van der Waals surface area (Å²) in [7, 11) is 1.67. The van der Waals surface area contributed by atoms with Gasteiger partial charge in [0.15, 0.2) is 0 Å². The lowest BCUT2D eigenvalue weighted by Crippen LogP contribution is -2.47. The third-order valence-electron chi connectivity index (χ3n) is 5.39. The summed E-state index contributed by atoms with van der Waals surface area (Å²) in [6, 6.07) is 8.06. The highest BCUT2D eigenvalue weighted by Gasteiger charge is 2.40. The van der Waals surface area contributed by atoms with Gasteiger partial charge in [-0.25, -0.2) is 0 Å². The lowest BCUT2D eigenvalue weighted by atomic mass is 9.68. The minimum atomic E-state index is -0.367. The van der Waals surface area contributed by atoms with E-state index in [1.54, 1.807) is 7.11 Å². The summed E-state index contributed by atoms with van der Waals surface area (Å²) >= 11 is 0. The number of benzene rings is 1. The topological polar surface area (TPSA) is 41.6 Å². The summed E-state index contributed by atoms with van der Waals surface area (Å²) in [5.41, 5.74) is 0.761. The molecule has 1 aliphatic rings. The van der Waals surface area contributed by atoms with Crippen LogP contribution >= 0.6 is 0 Å². The van der Waals surface area contributed by atoms with Crippen molar-refractivity contribution in [2.75, 3.05) is 33.3 Å². The first kappa shape index (κ1) is 18.8. The number of hydrogen-bond acceptors (Lipinski definition) is 3. The van der Waals surface area contributed by atoms with E-state index in [-0.39, 0.29) is 11.3 Å².